The molecular formula is C15H28N2O3. The van der Waals surface area contributed by atoms with E-state index in [4.69, 9.17) is 4.74 Å². The van der Waals surface area contributed by atoms with E-state index < -0.39 is 5.60 Å². The van der Waals surface area contributed by atoms with Gasteiger partial charge in [-0.15, -0.1) is 0 Å². The number of piperidine rings is 1. The summed E-state index contributed by atoms with van der Waals surface area (Å²) < 4.78 is 5.32. The number of rotatable bonds is 5. The minimum absolute atomic E-state index is 0.270. The molecule has 1 aliphatic rings. The van der Waals surface area contributed by atoms with Crippen LogP contribution in [0.5, 0.6) is 0 Å². The Kier molecular flexibility index (Phi) is 6.46. The van der Waals surface area contributed by atoms with Crippen LogP contribution in [0.3, 0.4) is 0 Å². The minimum atomic E-state index is -0.446. The van der Waals surface area contributed by atoms with Crippen LogP contribution in [0, 0.1) is 5.92 Å². The summed E-state index contributed by atoms with van der Waals surface area (Å²) in [5.74, 6) is 0.548. The number of carbonyl (C=O) groups is 2. The maximum Gasteiger partial charge on any atom is 0.410 e. The molecule has 0 spiro atoms. The van der Waals surface area contributed by atoms with Gasteiger partial charge in [-0.25, -0.2) is 4.79 Å². The highest BCUT2D eigenvalue weighted by Crippen LogP contribution is 2.19. The number of amides is 1. The monoisotopic (exact) mass is 284 g/mol. The van der Waals surface area contributed by atoms with Crippen molar-refractivity contribution in [1.82, 2.24) is 9.80 Å². The molecule has 0 bridgehead atoms. The second-order valence-corrected chi connectivity index (χ2v) is 6.59. The number of hydrogen-bond donors (Lipinski definition) is 0. The molecule has 1 fully saturated rings. The molecule has 0 aromatic carbocycles. The van der Waals surface area contributed by atoms with Crippen molar-refractivity contribution in [2.45, 2.75) is 45.6 Å². The first-order chi connectivity index (χ1) is 9.31. The van der Waals surface area contributed by atoms with Gasteiger partial charge in [0, 0.05) is 26.6 Å². The highest BCUT2D eigenvalue weighted by atomic mass is 16.6. The molecule has 0 aromatic heterocycles. The lowest BCUT2D eigenvalue weighted by Crippen LogP contribution is -2.41. The van der Waals surface area contributed by atoms with Crippen molar-refractivity contribution in [3.8, 4) is 0 Å². The molecule has 0 atom stereocenters. The zero-order valence-corrected chi connectivity index (χ0v) is 13.2. The first-order valence-electron chi connectivity index (χ1n) is 7.42. The van der Waals surface area contributed by atoms with Crippen molar-refractivity contribution in [1.29, 1.82) is 0 Å². The molecule has 116 valence electrons. The molecule has 1 amide bonds. The first-order valence-corrected chi connectivity index (χ1v) is 7.42. The van der Waals surface area contributed by atoms with Crippen molar-refractivity contribution < 1.29 is 14.3 Å². The van der Waals surface area contributed by atoms with Crippen LogP contribution in [0.25, 0.3) is 0 Å². The fraction of sp³-hybridized carbons (Fsp3) is 0.867. The largest absolute Gasteiger partial charge is 0.444 e. The van der Waals surface area contributed by atoms with Crippen LogP contribution < -0.4 is 0 Å². The summed E-state index contributed by atoms with van der Waals surface area (Å²) in [5.41, 5.74) is -0.446. The number of hydrogen-bond acceptors (Lipinski definition) is 4. The van der Waals surface area contributed by atoms with Gasteiger partial charge in [0.15, 0.2) is 0 Å². The molecular weight excluding hydrogens is 256 g/mol. The Morgan fingerprint density at radius 3 is 2.45 bits per heavy atom. The predicted octanol–water partition coefficient (Wildman–Crippen LogP) is 2.15. The summed E-state index contributed by atoms with van der Waals surface area (Å²) in [4.78, 5) is 26.3. The number of ether oxygens (including phenoxy) is 1. The van der Waals surface area contributed by atoms with Gasteiger partial charge in [0.05, 0.1) is 0 Å². The third-order valence-corrected chi connectivity index (χ3v) is 3.59. The van der Waals surface area contributed by atoms with E-state index in [1.807, 2.05) is 20.8 Å². The fourth-order valence-corrected chi connectivity index (χ4v) is 2.30. The van der Waals surface area contributed by atoms with E-state index in [0.717, 1.165) is 38.8 Å². The third-order valence-electron chi connectivity index (χ3n) is 3.59. The van der Waals surface area contributed by atoms with Crippen molar-refractivity contribution in [2.24, 2.45) is 5.92 Å². The molecule has 5 heteroatoms. The van der Waals surface area contributed by atoms with Crippen molar-refractivity contribution >= 4 is 12.4 Å². The van der Waals surface area contributed by atoms with Gasteiger partial charge in [-0.05, 0) is 52.6 Å². The Morgan fingerprint density at radius 1 is 1.35 bits per heavy atom. The second kappa shape index (κ2) is 7.62. The molecule has 1 saturated heterocycles. The number of nitrogens with zero attached hydrogens (tertiary/aromatic N) is 2. The van der Waals surface area contributed by atoms with E-state index in [9.17, 15) is 9.59 Å². The van der Waals surface area contributed by atoms with E-state index in [1.165, 1.54) is 0 Å². The Labute approximate surface area is 122 Å². The number of aldehydes is 1. The normalized spacial score (nSPS) is 17.8. The third kappa shape index (κ3) is 6.37. The van der Waals surface area contributed by atoms with Crippen molar-refractivity contribution in [3.05, 3.63) is 0 Å². The summed E-state index contributed by atoms with van der Waals surface area (Å²) in [6.07, 6.45) is 3.60. The lowest BCUT2D eigenvalue weighted by molar-refractivity contribution is -0.108. The molecule has 0 unspecified atom stereocenters. The lowest BCUT2D eigenvalue weighted by Gasteiger charge is -2.32. The summed E-state index contributed by atoms with van der Waals surface area (Å²) in [6.45, 7) is 9.18. The Bertz CT molecular complexity index is 318. The first kappa shape index (κ1) is 17.0. The van der Waals surface area contributed by atoms with E-state index in [0.29, 0.717) is 18.9 Å². The van der Waals surface area contributed by atoms with Gasteiger partial charge in [-0.3, -0.25) is 0 Å². The van der Waals surface area contributed by atoms with Crippen LogP contribution in [0.2, 0.25) is 0 Å². The Balaban J connectivity index is 2.23. The van der Waals surface area contributed by atoms with Crippen LogP contribution in [0.15, 0.2) is 0 Å². The molecule has 1 aliphatic heterocycles. The second-order valence-electron chi connectivity index (χ2n) is 6.59. The number of likely N-dealkylation sites (tertiary alicyclic amines) is 1. The maximum atomic E-state index is 11.8. The van der Waals surface area contributed by atoms with Crippen LogP contribution in [-0.2, 0) is 9.53 Å². The highest BCUT2D eigenvalue weighted by molar-refractivity contribution is 5.67. The van der Waals surface area contributed by atoms with Gasteiger partial charge in [-0.2, -0.15) is 0 Å². The van der Waals surface area contributed by atoms with Gasteiger partial charge < -0.3 is 19.3 Å². The average Bonchev–Trinajstić information content (AvgIpc) is 2.36. The summed E-state index contributed by atoms with van der Waals surface area (Å²) in [7, 11) is 1.77. The van der Waals surface area contributed by atoms with Crippen LogP contribution in [0.4, 0.5) is 4.79 Å². The van der Waals surface area contributed by atoms with Crippen molar-refractivity contribution in [2.75, 3.05) is 33.2 Å². The number of carbonyl (C=O) groups excluding carboxylic acids is 2. The molecule has 5 nitrogen and oxygen atoms in total. The Hall–Kier alpha value is -1.10. The average molecular weight is 284 g/mol. The fourth-order valence-electron chi connectivity index (χ4n) is 2.30. The molecule has 1 heterocycles. The topological polar surface area (TPSA) is 49.9 Å². The lowest BCUT2D eigenvalue weighted by atomic mass is 9.94. The van der Waals surface area contributed by atoms with Gasteiger partial charge in [0.2, 0.25) is 0 Å². The molecule has 1 rings (SSSR count). The highest BCUT2D eigenvalue weighted by Gasteiger charge is 2.22. The molecule has 0 aliphatic carbocycles. The van der Waals surface area contributed by atoms with E-state index >= 15 is 0 Å². The zero-order valence-electron chi connectivity index (χ0n) is 13.2. The van der Waals surface area contributed by atoms with Gasteiger partial charge in [-0.1, -0.05) is 0 Å². The zero-order chi connectivity index (χ0) is 15.2. The minimum Gasteiger partial charge on any atom is -0.444 e. The van der Waals surface area contributed by atoms with Gasteiger partial charge in [0.25, 0.3) is 0 Å². The number of likely N-dealkylation sites (N-methyl/N-ethyl adjacent to an activating group) is 1. The SMILES string of the molecule is CN(CCN1CCC(CC=O)CC1)C(=O)OC(C)(C)C. The van der Waals surface area contributed by atoms with Gasteiger partial charge >= 0.3 is 6.09 Å². The van der Waals surface area contributed by atoms with E-state index in [1.54, 1.807) is 11.9 Å². The standard InChI is InChI=1S/C15H28N2O3/c1-15(2,3)20-14(19)16(4)10-11-17-8-5-13(6-9-17)7-12-18/h12-13H,5-11H2,1-4H3. The predicted molar refractivity (Wildman–Crippen MR) is 78.7 cm³/mol. The summed E-state index contributed by atoms with van der Waals surface area (Å²) in [6, 6.07) is 0. The maximum absolute atomic E-state index is 11.8. The van der Waals surface area contributed by atoms with Crippen LogP contribution >= 0.6 is 0 Å². The van der Waals surface area contributed by atoms with Crippen LogP contribution in [-0.4, -0.2) is 61.0 Å². The quantitative estimate of drug-likeness (QED) is 0.726. The Morgan fingerprint density at radius 2 is 1.95 bits per heavy atom. The summed E-state index contributed by atoms with van der Waals surface area (Å²) >= 11 is 0. The van der Waals surface area contributed by atoms with Crippen LogP contribution in [0.1, 0.15) is 40.0 Å². The molecule has 0 N–H and O–H groups in total. The smallest absolute Gasteiger partial charge is 0.410 e. The molecule has 0 saturated carbocycles. The summed E-state index contributed by atoms with van der Waals surface area (Å²) in [5, 5.41) is 0. The van der Waals surface area contributed by atoms with Crippen molar-refractivity contribution in [3.63, 3.8) is 0 Å². The van der Waals surface area contributed by atoms with E-state index in [2.05, 4.69) is 4.90 Å². The van der Waals surface area contributed by atoms with E-state index in [-0.39, 0.29) is 6.09 Å². The molecule has 0 aromatic rings. The van der Waals surface area contributed by atoms with Gasteiger partial charge in [0.1, 0.15) is 11.9 Å². The molecule has 20 heavy (non-hydrogen) atoms. The molecule has 0 radical (unpaired) electrons.